The van der Waals surface area contributed by atoms with E-state index < -0.39 is 41.3 Å². The second-order valence-corrected chi connectivity index (χ2v) is 6.42. The molecule has 2 amide bonds. The van der Waals surface area contributed by atoms with E-state index in [0.717, 1.165) is 11.8 Å². The van der Waals surface area contributed by atoms with Gasteiger partial charge in [0.25, 0.3) is 11.8 Å². The Hall–Kier alpha value is -3.34. The number of benzene rings is 1. The fourth-order valence-corrected chi connectivity index (χ4v) is 2.83. The van der Waals surface area contributed by atoms with E-state index in [0.29, 0.717) is 21.7 Å². The van der Waals surface area contributed by atoms with Crippen LogP contribution in [0.5, 0.6) is 0 Å². The molecule has 1 aliphatic rings. The van der Waals surface area contributed by atoms with Crippen molar-refractivity contribution in [2.45, 2.75) is 26.2 Å². The topological polar surface area (TPSA) is 138 Å². The monoisotopic (exact) mass is 408 g/mol. The van der Waals surface area contributed by atoms with Crippen molar-refractivity contribution in [3.8, 4) is 0 Å². The summed E-state index contributed by atoms with van der Waals surface area (Å²) in [7, 11) is 0. The fourth-order valence-electron chi connectivity index (χ4n) is 2.67. The summed E-state index contributed by atoms with van der Waals surface area (Å²) >= 11 is 5.35. The maximum atomic E-state index is 12.1. The van der Waals surface area contributed by atoms with E-state index in [4.69, 9.17) is 16.4 Å². The number of halogens is 1. The molecule has 0 bridgehead atoms. The molecular formula is C16H13ClN4O7. The summed E-state index contributed by atoms with van der Waals surface area (Å²) in [4.78, 5) is 68.3. The number of nitrogens with zero attached hydrogens (tertiary/aromatic N) is 4. The number of rotatable bonds is 6. The molecule has 1 saturated heterocycles. The Kier molecular flexibility index (Phi) is 5.36. The molecule has 2 aromatic rings. The van der Waals surface area contributed by atoms with Gasteiger partial charge in [0.2, 0.25) is 5.24 Å². The average molecular weight is 409 g/mol. The minimum Gasteiger partial charge on any atom is -0.331 e. The van der Waals surface area contributed by atoms with Gasteiger partial charge in [0, 0.05) is 19.8 Å². The van der Waals surface area contributed by atoms with Crippen LogP contribution in [0.1, 0.15) is 25.3 Å². The molecule has 28 heavy (non-hydrogen) atoms. The number of hydrogen-bond donors (Lipinski definition) is 0. The van der Waals surface area contributed by atoms with Crippen molar-refractivity contribution in [1.82, 2.24) is 20.2 Å². The van der Waals surface area contributed by atoms with Crippen LogP contribution in [-0.2, 0) is 35.2 Å². The highest BCUT2D eigenvalue weighted by molar-refractivity contribution is 6.63. The molecule has 0 N–H and O–H groups in total. The molecule has 1 aliphatic heterocycles. The van der Waals surface area contributed by atoms with Crippen molar-refractivity contribution in [3.63, 3.8) is 0 Å². The third-order valence-electron chi connectivity index (χ3n) is 3.84. The Labute approximate surface area is 162 Å². The van der Waals surface area contributed by atoms with E-state index in [1.54, 1.807) is 18.2 Å². The second-order valence-electron chi connectivity index (χ2n) is 6.00. The fraction of sp³-hybridized carbons (Fsp3) is 0.312. The molecule has 0 radical (unpaired) electrons. The first-order valence-corrected chi connectivity index (χ1v) is 8.41. The van der Waals surface area contributed by atoms with E-state index in [2.05, 4.69) is 15.1 Å². The van der Waals surface area contributed by atoms with Gasteiger partial charge in [0.1, 0.15) is 11.0 Å². The standard InChI is InChI=1S/C16H13ClN4O7/c1-8(22)27-20-14(24)6-10(16(20)26)7-15(25)28-21-12-3-2-9(5-13(17)23)4-11(12)18-19-21/h2-4,10H,5-7H2,1H3. The van der Waals surface area contributed by atoms with Gasteiger partial charge in [-0.05, 0) is 34.5 Å². The van der Waals surface area contributed by atoms with Gasteiger partial charge in [-0.2, -0.15) is 0 Å². The Morgan fingerprint density at radius 2 is 2.00 bits per heavy atom. The van der Waals surface area contributed by atoms with E-state index >= 15 is 0 Å². The maximum Gasteiger partial charge on any atom is 0.335 e. The summed E-state index contributed by atoms with van der Waals surface area (Å²) in [5.74, 6) is -4.17. The van der Waals surface area contributed by atoms with Gasteiger partial charge in [-0.25, -0.2) is 9.59 Å². The van der Waals surface area contributed by atoms with E-state index in [1.807, 2.05) is 0 Å². The predicted molar refractivity (Wildman–Crippen MR) is 90.0 cm³/mol. The van der Waals surface area contributed by atoms with Crippen molar-refractivity contribution in [2.24, 2.45) is 5.92 Å². The SMILES string of the molecule is CC(=O)ON1C(=O)CC(CC(=O)On2nnc3cc(CC(=O)Cl)ccc32)C1=O. The van der Waals surface area contributed by atoms with Gasteiger partial charge >= 0.3 is 11.9 Å². The van der Waals surface area contributed by atoms with E-state index in [9.17, 15) is 24.0 Å². The highest BCUT2D eigenvalue weighted by Crippen LogP contribution is 2.23. The van der Waals surface area contributed by atoms with Crippen molar-refractivity contribution in [2.75, 3.05) is 0 Å². The summed E-state index contributed by atoms with van der Waals surface area (Å²) in [5.41, 5.74) is 1.34. The summed E-state index contributed by atoms with van der Waals surface area (Å²) in [6, 6.07) is 4.72. The number of imide groups is 1. The van der Waals surface area contributed by atoms with E-state index in [1.165, 1.54) is 0 Å². The van der Waals surface area contributed by atoms with Crippen LogP contribution in [0.15, 0.2) is 18.2 Å². The molecular weight excluding hydrogens is 396 g/mol. The third-order valence-corrected chi connectivity index (χ3v) is 3.97. The van der Waals surface area contributed by atoms with Crippen molar-refractivity contribution in [3.05, 3.63) is 23.8 Å². The lowest BCUT2D eigenvalue weighted by atomic mass is 10.0. The molecule has 11 nitrogen and oxygen atoms in total. The van der Waals surface area contributed by atoms with Crippen LogP contribution >= 0.6 is 11.6 Å². The number of carbonyl (C=O) groups is 5. The quantitative estimate of drug-likeness (QED) is 0.365. The zero-order valence-corrected chi connectivity index (χ0v) is 15.2. The molecule has 1 aromatic carbocycles. The largest absolute Gasteiger partial charge is 0.335 e. The van der Waals surface area contributed by atoms with Crippen LogP contribution in [0.2, 0.25) is 0 Å². The Balaban J connectivity index is 1.67. The molecule has 1 fully saturated rings. The van der Waals surface area contributed by atoms with Gasteiger partial charge in [0.05, 0.1) is 12.3 Å². The highest BCUT2D eigenvalue weighted by atomic mass is 35.5. The summed E-state index contributed by atoms with van der Waals surface area (Å²) in [6.45, 7) is 1.05. The van der Waals surface area contributed by atoms with Crippen LogP contribution in [0.25, 0.3) is 11.0 Å². The normalized spacial score (nSPS) is 16.5. The number of fused-ring (bicyclic) bond motifs is 1. The molecule has 1 aromatic heterocycles. The lowest BCUT2D eigenvalue weighted by molar-refractivity contribution is -0.196. The van der Waals surface area contributed by atoms with Gasteiger partial charge in [0.15, 0.2) is 0 Å². The second kappa shape index (κ2) is 7.72. The number of aromatic nitrogens is 3. The molecule has 0 spiro atoms. The minimum absolute atomic E-state index is 0.0147. The van der Waals surface area contributed by atoms with Gasteiger partial charge in [-0.1, -0.05) is 10.9 Å². The van der Waals surface area contributed by atoms with Crippen molar-refractivity contribution >= 4 is 51.6 Å². The molecule has 2 heterocycles. The number of carbonyl (C=O) groups excluding carboxylic acids is 5. The number of hydrogen-bond acceptors (Lipinski definition) is 9. The Morgan fingerprint density at radius 1 is 1.25 bits per heavy atom. The van der Waals surface area contributed by atoms with E-state index in [-0.39, 0.29) is 12.8 Å². The highest BCUT2D eigenvalue weighted by Gasteiger charge is 2.42. The lowest BCUT2D eigenvalue weighted by Crippen LogP contribution is -2.33. The molecule has 0 saturated carbocycles. The van der Waals surface area contributed by atoms with Gasteiger partial charge < -0.3 is 9.68 Å². The van der Waals surface area contributed by atoms with Crippen molar-refractivity contribution in [1.29, 1.82) is 0 Å². The molecule has 0 aliphatic carbocycles. The van der Waals surface area contributed by atoms with Crippen LogP contribution in [0.4, 0.5) is 0 Å². The summed E-state index contributed by atoms with van der Waals surface area (Å²) < 4.78 is 0. The Bertz CT molecular complexity index is 1000. The summed E-state index contributed by atoms with van der Waals surface area (Å²) in [5, 5.41) is 7.35. The number of hydroxylamine groups is 2. The smallest absolute Gasteiger partial charge is 0.331 e. The Morgan fingerprint density at radius 3 is 2.68 bits per heavy atom. The van der Waals surface area contributed by atoms with Crippen LogP contribution in [0.3, 0.4) is 0 Å². The molecule has 3 rings (SSSR count). The van der Waals surface area contributed by atoms with Crippen molar-refractivity contribution < 1.29 is 33.6 Å². The third kappa shape index (κ3) is 4.14. The molecule has 146 valence electrons. The zero-order chi connectivity index (χ0) is 20.4. The summed E-state index contributed by atoms with van der Waals surface area (Å²) in [6.07, 6.45) is -0.682. The number of amides is 2. The first kappa shape index (κ1) is 19.4. The lowest BCUT2D eigenvalue weighted by Gasteiger charge is -2.12. The van der Waals surface area contributed by atoms with Crippen LogP contribution < -0.4 is 4.84 Å². The minimum atomic E-state index is -1.00. The zero-order valence-electron chi connectivity index (χ0n) is 14.5. The van der Waals surface area contributed by atoms with Crippen LogP contribution in [0, 0.1) is 5.92 Å². The van der Waals surface area contributed by atoms with Crippen LogP contribution in [-0.4, -0.2) is 49.2 Å². The molecule has 1 atom stereocenters. The predicted octanol–water partition coefficient (Wildman–Crippen LogP) is -0.0623. The van der Waals surface area contributed by atoms with Gasteiger partial charge in [-0.15, -0.1) is 10.2 Å². The maximum absolute atomic E-state index is 12.1. The van der Waals surface area contributed by atoms with Gasteiger partial charge in [-0.3, -0.25) is 14.4 Å². The first-order chi connectivity index (χ1) is 13.2. The molecule has 1 unspecified atom stereocenters. The average Bonchev–Trinajstić information content (AvgIpc) is 3.10. The molecule has 12 heteroatoms. The first-order valence-electron chi connectivity index (χ1n) is 8.03.